The minimum Gasteiger partial charge on any atom is -0.390 e. The van der Waals surface area contributed by atoms with Crippen LogP contribution in [-0.4, -0.2) is 40.6 Å². The molecule has 0 aliphatic carbocycles. The molecule has 0 radical (unpaired) electrons. The molecule has 2 aromatic rings. The predicted octanol–water partition coefficient (Wildman–Crippen LogP) is 2.93. The number of nitrogens with one attached hydrogen (secondary N) is 1. The number of rotatable bonds is 7. The Morgan fingerprint density at radius 3 is 2.37 bits per heavy atom. The summed E-state index contributed by atoms with van der Waals surface area (Å²) in [6.45, 7) is 6.03. The van der Waals surface area contributed by atoms with E-state index < -0.39 is 5.60 Å². The lowest BCUT2D eigenvalue weighted by Crippen LogP contribution is -2.55. The fraction of sp³-hybridized carbons (Fsp3) is 0.435. The van der Waals surface area contributed by atoms with Crippen LogP contribution in [0.4, 0.5) is 0 Å². The molecule has 0 bridgehead atoms. The van der Waals surface area contributed by atoms with Gasteiger partial charge in [-0.15, -0.1) is 0 Å². The Morgan fingerprint density at radius 2 is 1.70 bits per heavy atom. The summed E-state index contributed by atoms with van der Waals surface area (Å²) in [5.41, 5.74) is 3.00. The smallest absolute Gasteiger partial charge is 0.237 e. The third-order valence-corrected chi connectivity index (χ3v) is 5.15. The standard InChI is InChI=1S/C23H30N2O2/c1-23(2,27)13-12-18-8-10-20(11-9-18)17-25-15-14-24-22(26)21(25)16-19-6-4-3-5-7-19/h3-11,21,27H,12-17H2,1-2H3,(H,24,26)/t21-/m1/s1. The molecule has 0 unspecified atom stereocenters. The molecule has 1 heterocycles. The van der Waals surface area contributed by atoms with Crippen molar-refractivity contribution in [1.82, 2.24) is 10.2 Å². The Balaban J connectivity index is 1.64. The molecule has 0 aromatic heterocycles. The molecule has 2 aromatic carbocycles. The van der Waals surface area contributed by atoms with Gasteiger partial charge in [-0.25, -0.2) is 0 Å². The first-order valence-electron chi connectivity index (χ1n) is 9.77. The van der Waals surface area contributed by atoms with Crippen LogP contribution in [0, 0.1) is 0 Å². The first-order valence-corrected chi connectivity index (χ1v) is 9.77. The lowest BCUT2D eigenvalue weighted by atomic mass is 9.98. The highest BCUT2D eigenvalue weighted by molar-refractivity contribution is 5.82. The lowest BCUT2D eigenvalue weighted by Gasteiger charge is -2.35. The van der Waals surface area contributed by atoms with E-state index in [4.69, 9.17) is 0 Å². The van der Waals surface area contributed by atoms with Crippen molar-refractivity contribution in [2.75, 3.05) is 13.1 Å². The number of hydrogen-bond acceptors (Lipinski definition) is 3. The van der Waals surface area contributed by atoms with Crippen LogP contribution in [0.5, 0.6) is 0 Å². The molecule has 1 aliphatic heterocycles. The summed E-state index contributed by atoms with van der Waals surface area (Å²) >= 11 is 0. The van der Waals surface area contributed by atoms with E-state index in [-0.39, 0.29) is 11.9 Å². The number of amides is 1. The Kier molecular flexibility index (Phi) is 6.30. The van der Waals surface area contributed by atoms with Gasteiger partial charge in [0.1, 0.15) is 0 Å². The van der Waals surface area contributed by atoms with Gasteiger partial charge in [-0.05, 0) is 49.8 Å². The maximum absolute atomic E-state index is 12.5. The van der Waals surface area contributed by atoms with Crippen LogP contribution < -0.4 is 5.32 Å². The molecule has 3 rings (SSSR count). The van der Waals surface area contributed by atoms with Gasteiger partial charge in [-0.1, -0.05) is 54.6 Å². The Hall–Kier alpha value is -2.17. The van der Waals surface area contributed by atoms with E-state index in [2.05, 4.69) is 46.6 Å². The highest BCUT2D eigenvalue weighted by Gasteiger charge is 2.29. The highest BCUT2D eigenvalue weighted by Crippen LogP contribution is 2.18. The number of benzene rings is 2. The van der Waals surface area contributed by atoms with Crippen molar-refractivity contribution in [2.45, 2.75) is 51.3 Å². The van der Waals surface area contributed by atoms with E-state index in [0.29, 0.717) is 6.54 Å². The first kappa shape index (κ1) is 19.6. The molecule has 1 aliphatic rings. The maximum atomic E-state index is 12.5. The van der Waals surface area contributed by atoms with Gasteiger partial charge in [0.05, 0.1) is 11.6 Å². The van der Waals surface area contributed by atoms with Gasteiger partial charge < -0.3 is 10.4 Å². The van der Waals surface area contributed by atoms with Crippen LogP contribution in [0.15, 0.2) is 54.6 Å². The maximum Gasteiger partial charge on any atom is 0.237 e. The molecule has 2 N–H and O–H groups in total. The fourth-order valence-corrected chi connectivity index (χ4v) is 3.51. The molecular weight excluding hydrogens is 336 g/mol. The van der Waals surface area contributed by atoms with Gasteiger partial charge in [-0.3, -0.25) is 9.69 Å². The minimum absolute atomic E-state index is 0.118. The van der Waals surface area contributed by atoms with Crippen molar-refractivity contribution in [3.05, 3.63) is 71.3 Å². The molecule has 4 heteroatoms. The van der Waals surface area contributed by atoms with Gasteiger partial charge in [0, 0.05) is 19.6 Å². The summed E-state index contributed by atoms with van der Waals surface area (Å²) in [6, 6.07) is 18.6. The summed E-state index contributed by atoms with van der Waals surface area (Å²) < 4.78 is 0. The molecule has 27 heavy (non-hydrogen) atoms. The normalized spacial score (nSPS) is 18.3. The molecule has 1 amide bonds. The molecule has 0 saturated carbocycles. The van der Waals surface area contributed by atoms with Crippen LogP contribution in [0.3, 0.4) is 0 Å². The Bertz CT molecular complexity index is 735. The third-order valence-electron chi connectivity index (χ3n) is 5.15. The van der Waals surface area contributed by atoms with Crippen molar-refractivity contribution in [3.63, 3.8) is 0 Å². The number of aliphatic hydroxyl groups is 1. The van der Waals surface area contributed by atoms with Crippen molar-refractivity contribution < 1.29 is 9.90 Å². The van der Waals surface area contributed by atoms with Gasteiger partial charge in [-0.2, -0.15) is 0 Å². The molecule has 4 nitrogen and oxygen atoms in total. The molecule has 0 spiro atoms. The van der Waals surface area contributed by atoms with Crippen molar-refractivity contribution >= 4 is 5.91 Å². The minimum atomic E-state index is -0.634. The van der Waals surface area contributed by atoms with Crippen LogP contribution in [0.1, 0.15) is 37.0 Å². The number of hydrogen-bond donors (Lipinski definition) is 2. The summed E-state index contributed by atoms with van der Waals surface area (Å²) in [5, 5.41) is 12.9. The summed E-state index contributed by atoms with van der Waals surface area (Å²) in [7, 11) is 0. The Labute approximate surface area is 162 Å². The second-order valence-electron chi connectivity index (χ2n) is 8.10. The van der Waals surface area contributed by atoms with Crippen LogP contribution in [0.2, 0.25) is 0 Å². The molecule has 1 atom stereocenters. The third kappa shape index (κ3) is 5.91. The van der Waals surface area contributed by atoms with Crippen LogP contribution >= 0.6 is 0 Å². The van der Waals surface area contributed by atoms with Gasteiger partial charge in [0.15, 0.2) is 0 Å². The van der Waals surface area contributed by atoms with E-state index in [1.54, 1.807) is 0 Å². The van der Waals surface area contributed by atoms with Crippen molar-refractivity contribution in [1.29, 1.82) is 0 Å². The van der Waals surface area contributed by atoms with Crippen molar-refractivity contribution in [3.8, 4) is 0 Å². The van der Waals surface area contributed by atoms with Crippen LogP contribution in [-0.2, 0) is 24.2 Å². The quantitative estimate of drug-likeness (QED) is 0.792. The molecular formula is C23H30N2O2. The first-order chi connectivity index (χ1) is 12.9. The zero-order valence-corrected chi connectivity index (χ0v) is 16.3. The fourth-order valence-electron chi connectivity index (χ4n) is 3.51. The average Bonchev–Trinajstić information content (AvgIpc) is 2.64. The van der Waals surface area contributed by atoms with Crippen molar-refractivity contribution in [2.24, 2.45) is 0 Å². The zero-order chi connectivity index (χ0) is 19.3. The zero-order valence-electron chi connectivity index (χ0n) is 16.3. The summed E-state index contributed by atoms with van der Waals surface area (Å²) in [4.78, 5) is 14.7. The van der Waals surface area contributed by atoms with Gasteiger partial charge in [0.2, 0.25) is 5.91 Å². The average molecular weight is 367 g/mol. The van der Waals surface area contributed by atoms with E-state index in [1.165, 1.54) is 16.7 Å². The Morgan fingerprint density at radius 1 is 1.04 bits per heavy atom. The predicted molar refractivity (Wildman–Crippen MR) is 108 cm³/mol. The number of aryl methyl sites for hydroxylation is 1. The van der Waals surface area contributed by atoms with E-state index in [0.717, 1.165) is 32.4 Å². The van der Waals surface area contributed by atoms with E-state index in [1.807, 2.05) is 32.0 Å². The largest absolute Gasteiger partial charge is 0.390 e. The second kappa shape index (κ2) is 8.68. The lowest BCUT2D eigenvalue weighted by molar-refractivity contribution is -0.129. The van der Waals surface area contributed by atoms with Gasteiger partial charge >= 0.3 is 0 Å². The number of carbonyl (C=O) groups excluding carboxylic acids is 1. The van der Waals surface area contributed by atoms with Gasteiger partial charge in [0.25, 0.3) is 0 Å². The topological polar surface area (TPSA) is 52.6 Å². The number of carbonyl (C=O) groups is 1. The van der Waals surface area contributed by atoms with E-state index >= 15 is 0 Å². The highest BCUT2D eigenvalue weighted by atomic mass is 16.3. The van der Waals surface area contributed by atoms with Crippen LogP contribution in [0.25, 0.3) is 0 Å². The molecule has 144 valence electrons. The number of nitrogens with zero attached hydrogens (tertiary/aromatic N) is 1. The summed E-state index contributed by atoms with van der Waals surface area (Å²) in [6.07, 6.45) is 2.35. The molecule has 1 fully saturated rings. The van der Waals surface area contributed by atoms with E-state index in [9.17, 15) is 9.90 Å². The SMILES string of the molecule is CC(C)(O)CCc1ccc(CN2CCNC(=O)[C@H]2Cc2ccccc2)cc1. The molecule has 1 saturated heterocycles. The second-order valence-corrected chi connectivity index (χ2v) is 8.10. The summed E-state index contributed by atoms with van der Waals surface area (Å²) in [5.74, 6) is 0.118. The number of piperazine rings is 1. The monoisotopic (exact) mass is 366 g/mol.